The highest BCUT2D eigenvalue weighted by atomic mass is 32.2. The zero-order chi connectivity index (χ0) is 14.8. The molecule has 1 aromatic rings. The summed E-state index contributed by atoms with van der Waals surface area (Å²) in [5.74, 6) is -1.29. The van der Waals surface area contributed by atoms with Gasteiger partial charge in [-0.3, -0.25) is 4.79 Å². The number of pyridine rings is 1. The molecule has 1 atom stereocenters. The van der Waals surface area contributed by atoms with Crippen molar-refractivity contribution in [3.63, 3.8) is 0 Å². The van der Waals surface area contributed by atoms with E-state index in [-0.39, 0.29) is 30.2 Å². The van der Waals surface area contributed by atoms with Gasteiger partial charge in [-0.15, -0.1) is 0 Å². The van der Waals surface area contributed by atoms with E-state index < -0.39 is 21.5 Å². The number of ether oxygens (including phenoxy) is 1. The van der Waals surface area contributed by atoms with Gasteiger partial charge in [0.25, 0.3) is 0 Å². The molecular weight excluding hydrogens is 286 g/mol. The molecule has 0 saturated carbocycles. The highest BCUT2D eigenvalue weighted by Gasteiger charge is 2.46. The van der Waals surface area contributed by atoms with Crippen molar-refractivity contribution in [3.05, 3.63) is 24.0 Å². The van der Waals surface area contributed by atoms with Crippen molar-refractivity contribution in [2.24, 2.45) is 0 Å². The Morgan fingerprint density at radius 2 is 2.30 bits per heavy atom. The molecule has 1 aromatic heterocycles. The zero-order valence-corrected chi connectivity index (χ0v) is 11.1. The van der Waals surface area contributed by atoms with E-state index in [1.54, 1.807) is 6.07 Å². The number of hydrogen-bond acceptors (Lipinski definition) is 6. The molecule has 0 aliphatic carbocycles. The first kappa shape index (κ1) is 14.4. The van der Waals surface area contributed by atoms with Crippen LogP contribution in [0.5, 0.6) is 0 Å². The predicted molar refractivity (Wildman–Crippen MR) is 65.1 cm³/mol. The van der Waals surface area contributed by atoms with E-state index in [1.165, 1.54) is 12.1 Å². The summed E-state index contributed by atoms with van der Waals surface area (Å²) in [4.78, 5) is 14.7. The van der Waals surface area contributed by atoms with Crippen molar-refractivity contribution >= 4 is 16.0 Å². The molecule has 1 aliphatic heterocycles. The molecule has 2 heterocycles. The highest BCUT2D eigenvalue weighted by Crippen LogP contribution is 2.22. The molecule has 0 radical (unpaired) electrons. The normalized spacial score (nSPS) is 22.4. The van der Waals surface area contributed by atoms with E-state index >= 15 is 0 Å². The number of carboxylic acid groups (broad SMARTS) is 1. The molecule has 0 amide bonds. The van der Waals surface area contributed by atoms with Crippen LogP contribution in [0.4, 0.5) is 0 Å². The van der Waals surface area contributed by atoms with Gasteiger partial charge in [0.2, 0.25) is 10.0 Å². The van der Waals surface area contributed by atoms with E-state index in [1.807, 2.05) is 0 Å². The molecule has 8 nitrogen and oxygen atoms in total. The summed E-state index contributed by atoms with van der Waals surface area (Å²) in [7, 11) is -4.05. The molecule has 1 saturated heterocycles. The molecule has 1 aliphatic rings. The van der Waals surface area contributed by atoms with Gasteiger partial charge >= 0.3 is 5.97 Å². The molecule has 106 valence electrons. The van der Waals surface area contributed by atoms with Gasteiger partial charge in [0.15, 0.2) is 5.54 Å². The minimum Gasteiger partial charge on any atom is -0.480 e. The molecule has 9 heteroatoms. The van der Waals surface area contributed by atoms with E-state index in [2.05, 4.69) is 9.71 Å². The Labute approximate surface area is 115 Å². The number of hydrogen-bond donors (Lipinski definition) is 2. The Morgan fingerprint density at radius 3 is 2.75 bits per heavy atom. The van der Waals surface area contributed by atoms with Crippen LogP contribution >= 0.6 is 0 Å². The topological polar surface area (TPSA) is 129 Å². The van der Waals surface area contributed by atoms with Crippen molar-refractivity contribution in [1.82, 2.24) is 9.71 Å². The lowest BCUT2D eigenvalue weighted by molar-refractivity contribution is -0.144. The lowest BCUT2D eigenvalue weighted by atomic mass is 10.0. The number of aromatic nitrogens is 1. The third-order valence-corrected chi connectivity index (χ3v) is 4.44. The van der Waals surface area contributed by atoms with Crippen LogP contribution in [0.2, 0.25) is 0 Å². The van der Waals surface area contributed by atoms with Gasteiger partial charge < -0.3 is 9.84 Å². The highest BCUT2D eigenvalue weighted by molar-refractivity contribution is 7.89. The zero-order valence-electron chi connectivity index (χ0n) is 10.2. The number of carboxylic acids is 1. The molecule has 1 unspecified atom stereocenters. The van der Waals surface area contributed by atoms with E-state index in [0.717, 1.165) is 6.20 Å². The first-order valence-corrected chi connectivity index (χ1v) is 7.09. The Balaban J connectivity index is 2.30. The second-order valence-corrected chi connectivity index (χ2v) is 5.97. The first-order valence-electron chi connectivity index (χ1n) is 5.61. The van der Waals surface area contributed by atoms with Crippen molar-refractivity contribution < 1.29 is 23.1 Å². The molecule has 2 N–H and O–H groups in total. The number of nitrogens with one attached hydrogen (secondary N) is 1. The fourth-order valence-corrected chi connectivity index (χ4v) is 3.10. The minimum absolute atomic E-state index is 0.0469. The average Bonchev–Trinajstić information content (AvgIpc) is 2.88. The Morgan fingerprint density at radius 1 is 1.55 bits per heavy atom. The summed E-state index contributed by atoms with van der Waals surface area (Å²) in [5.41, 5.74) is -1.59. The maximum absolute atomic E-state index is 12.1. The Kier molecular flexibility index (Phi) is 3.71. The van der Waals surface area contributed by atoms with Crippen molar-refractivity contribution in [3.8, 4) is 6.07 Å². The first-order chi connectivity index (χ1) is 9.39. The molecule has 0 spiro atoms. The second-order valence-electron chi connectivity index (χ2n) is 4.29. The van der Waals surface area contributed by atoms with Crippen LogP contribution in [-0.2, 0) is 19.6 Å². The quantitative estimate of drug-likeness (QED) is 0.764. The van der Waals surface area contributed by atoms with Crippen molar-refractivity contribution in [2.75, 3.05) is 13.2 Å². The fraction of sp³-hybridized carbons (Fsp3) is 0.364. The number of sulfonamides is 1. The lowest BCUT2D eigenvalue weighted by Crippen LogP contribution is -2.55. The van der Waals surface area contributed by atoms with Crippen LogP contribution in [0, 0.1) is 11.3 Å². The standard InChI is InChI=1S/C11H11N3O5S/c12-5-8-1-2-9(6-13-8)20(17,18)14-11(10(15)16)3-4-19-7-11/h1-2,6,14H,3-4,7H2,(H,15,16). The second kappa shape index (κ2) is 5.16. The fourth-order valence-electron chi connectivity index (χ4n) is 1.78. The van der Waals surface area contributed by atoms with Gasteiger partial charge in [0, 0.05) is 19.2 Å². The third-order valence-electron chi connectivity index (χ3n) is 2.92. The van der Waals surface area contributed by atoms with Crippen LogP contribution in [0.25, 0.3) is 0 Å². The van der Waals surface area contributed by atoms with Crippen LogP contribution in [-0.4, -0.2) is 43.2 Å². The molecule has 20 heavy (non-hydrogen) atoms. The minimum atomic E-state index is -4.05. The lowest BCUT2D eigenvalue weighted by Gasteiger charge is -2.23. The molecule has 2 rings (SSSR count). The molecular formula is C11H11N3O5S. The van der Waals surface area contributed by atoms with Gasteiger partial charge in [-0.1, -0.05) is 0 Å². The van der Waals surface area contributed by atoms with Crippen molar-refractivity contribution in [2.45, 2.75) is 16.9 Å². The monoisotopic (exact) mass is 297 g/mol. The summed E-state index contributed by atoms with van der Waals surface area (Å²) >= 11 is 0. The van der Waals surface area contributed by atoms with E-state index in [0.29, 0.717) is 0 Å². The SMILES string of the molecule is N#Cc1ccc(S(=O)(=O)NC2(C(=O)O)CCOC2)cn1. The number of nitriles is 1. The van der Waals surface area contributed by atoms with Gasteiger partial charge in [-0.2, -0.15) is 9.98 Å². The van der Waals surface area contributed by atoms with Gasteiger partial charge in [0.05, 0.1) is 6.61 Å². The smallest absolute Gasteiger partial charge is 0.327 e. The van der Waals surface area contributed by atoms with Crippen LogP contribution in [0.1, 0.15) is 12.1 Å². The van der Waals surface area contributed by atoms with Gasteiger partial charge in [-0.25, -0.2) is 13.4 Å². The number of nitrogens with zero attached hydrogens (tertiary/aromatic N) is 2. The Bertz CT molecular complexity index is 656. The Hall–Kier alpha value is -2.02. The predicted octanol–water partition coefficient (Wildman–Crippen LogP) is -0.525. The third kappa shape index (κ3) is 2.62. The summed E-state index contributed by atoms with van der Waals surface area (Å²) in [5, 5.41) is 17.8. The summed E-state index contributed by atoms with van der Waals surface area (Å²) in [6.07, 6.45) is 1.05. The summed E-state index contributed by atoms with van der Waals surface area (Å²) in [6.45, 7) is -0.0638. The van der Waals surface area contributed by atoms with Gasteiger partial charge in [-0.05, 0) is 12.1 Å². The molecule has 0 aromatic carbocycles. The van der Waals surface area contributed by atoms with Crippen LogP contribution < -0.4 is 4.72 Å². The van der Waals surface area contributed by atoms with Crippen LogP contribution in [0.3, 0.4) is 0 Å². The summed E-state index contributed by atoms with van der Waals surface area (Å²) < 4.78 is 31.4. The average molecular weight is 297 g/mol. The van der Waals surface area contributed by atoms with Crippen LogP contribution in [0.15, 0.2) is 23.2 Å². The maximum atomic E-state index is 12.1. The molecule has 1 fully saturated rings. The number of aliphatic carboxylic acids is 1. The number of rotatable bonds is 4. The maximum Gasteiger partial charge on any atom is 0.327 e. The van der Waals surface area contributed by atoms with E-state index in [4.69, 9.17) is 10.00 Å². The van der Waals surface area contributed by atoms with Gasteiger partial charge in [0.1, 0.15) is 16.7 Å². The molecule has 0 bridgehead atoms. The largest absolute Gasteiger partial charge is 0.480 e. The summed E-state index contributed by atoms with van der Waals surface area (Å²) in [6, 6.07) is 4.20. The van der Waals surface area contributed by atoms with E-state index in [9.17, 15) is 18.3 Å². The van der Waals surface area contributed by atoms with Crippen molar-refractivity contribution in [1.29, 1.82) is 5.26 Å². The number of carbonyl (C=O) groups is 1.